The van der Waals surface area contributed by atoms with Crippen LogP contribution in [0.3, 0.4) is 0 Å². The number of hydrogen-bond donors (Lipinski definition) is 0. The Morgan fingerprint density at radius 2 is 1.11 bits per heavy atom. The molecular formula is C67H49N3. The van der Waals surface area contributed by atoms with E-state index in [2.05, 4.69) is 242 Å². The van der Waals surface area contributed by atoms with Gasteiger partial charge in [0, 0.05) is 34.0 Å². The Labute approximate surface area is 410 Å². The van der Waals surface area contributed by atoms with Gasteiger partial charge in [0.05, 0.1) is 22.5 Å². The summed E-state index contributed by atoms with van der Waals surface area (Å²) in [5.74, 6) is 0.847. The van der Waals surface area contributed by atoms with Crippen LogP contribution in [0.4, 0.5) is 17.1 Å². The van der Waals surface area contributed by atoms with E-state index in [1.165, 1.54) is 66.8 Å². The Kier molecular flexibility index (Phi) is 9.99. The zero-order valence-corrected chi connectivity index (χ0v) is 39.1. The fourth-order valence-electron chi connectivity index (χ4n) is 12.1. The van der Waals surface area contributed by atoms with Gasteiger partial charge in [0.15, 0.2) is 5.84 Å². The zero-order chi connectivity index (χ0) is 46.8. The SMILES string of the molecule is C=C(N=C(N=C(C)c1ccccc1)c1ccccc1N(c1ccc(-c2ccccc2)cc1)c1cccc2c1-c1ccccc1C21c2ccccc2C2=CC=CCC21)c1cccc2c1-c1ccccc1C2. The van der Waals surface area contributed by atoms with E-state index in [0.717, 1.165) is 57.9 Å². The largest absolute Gasteiger partial charge is 0.309 e. The molecule has 0 amide bonds. The first-order valence-corrected chi connectivity index (χ1v) is 24.4. The molecule has 0 saturated heterocycles. The van der Waals surface area contributed by atoms with Crippen molar-refractivity contribution in [3.63, 3.8) is 0 Å². The number of amidine groups is 1. The maximum absolute atomic E-state index is 5.55. The molecule has 0 fully saturated rings. The van der Waals surface area contributed by atoms with Crippen LogP contribution in [0, 0.1) is 5.92 Å². The third-order valence-electron chi connectivity index (χ3n) is 15.1. The number of allylic oxidation sites excluding steroid dienone is 4. The predicted molar refractivity (Wildman–Crippen MR) is 292 cm³/mol. The van der Waals surface area contributed by atoms with E-state index in [9.17, 15) is 0 Å². The summed E-state index contributed by atoms with van der Waals surface area (Å²) in [6.07, 6.45) is 8.82. The van der Waals surface area contributed by atoms with Crippen molar-refractivity contribution < 1.29 is 0 Å². The van der Waals surface area contributed by atoms with Gasteiger partial charge in [-0.25, -0.2) is 9.98 Å². The molecule has 70 heavy (non-hydrogen) atoms. The molecule has 3 nitrogen and oxygen atoms in total. The van der Waals surface area contributed by atoms with Gasteiger partial charge in [-0.3, -0.25) is 0 Å². The van der Waals surface area contributed by atoms with Crippen molar-refractivity contribution in [2.24, 2.45) is 15.9 Å². The lowest BCUT2D eigenvalue weighted by Gasteiger charge is -2.36. The highest BCUT2D eigenvalue weighted by Crippen LogP contribution is 2.67. The van der Waals surface area contributed by atoms with Crippen molar-refractivity contribution in [3.05, 3.63) is 293 Å². The lowest BCUT2D eigenvalue weighted by molar-refractivity contribution is 0.494. The quantitative estimate of drug-likeness (QED) is 0.110. The first-order chi connectivity index (χ1) is 34.6. The van der Waals surface area contributed by atoms with Crippen LogP contribution in [0.1, 0.15) is 63.4 Å². The fraction of sp³-hybridized carbons (Fsp3) is 0.0746. The van der Waals surface area contributed by atoms with Gasteiger partial charge in [-0.1, -0.05) is 213 Å². The first kappa shape index (κ1) is 41.5. The number of rotatable bonds is 8. The number of hydrogen-bond acceptors (Lipinski definition) is 2. The molecule has 9 aromatic rings. The zero-order valence-electron chi connectivity index (χ0n) is 39.1. The van der Waals surface area contributed by atoms with Crippen LogP contribution in [-0.2, 0) is 11.8 Å². The molecule has 3 heteroatoms. The molecule has 4 aliphatic rings. The van der Waals surface area contributed by atoms with Crippen molar-refractivity contribution in [1.82, 2.24) is 0 Å². The number of benzene rings is 9. The van der Waals surface area contributed by atoms with Crippen LogP contribution in [0.5, 0.6) is 0 Å². The molecule has 4 aliphatic carbocycles. The van der Waals surface area contributed by atoms with Gasteiger partial charge in [0.25, 0.3) is 0 Å². The highest BCUT2D eigenvalue weighted by molar-refractivity contribution is 6.16. The van der Waals surface area contributed by atoms with Gasteiger partial charge in [0.1, 0.15) is 0 Å². The lowest BCUT2D eigenvalue weighted by atomic mass is 9.65. The van der Waals surface area contributed by atoms with E-state index >= 15 is 0 Å². The topological polar surface area (TPSA) is 28.0 Å². The molecule has 0 aliphatic heterocycles. The summed E-state index contributed by atoms with van der Waals surface area (Å²) >= 11 is 0. The van der Waals surface area contributed by atoms with Crippen LogP contribution in [0.25, 0.3) is 44.7 Å². The highest BCUT2D eigenvalue weighted by Gasteiger charge is 2.56. The maximum Gasteiger partial charge on any atom is 0.162 e. The molecule has 2 unspecified atom stereocenters. The normalized spacial score (nSPS) is 17.0. The van der Waals surface area contributed by atoms with E-state index in [1.54, 1.807) is 0 Å². The second-order valence-electron chi connectivity index (χ2n) is 18.8. The second-order valence-corrected chi connectivity index (χ2v) is 18.8. The Hall–Kier alpha value is -8.66. The highest BCUT2D eigenvalue weighted by atomic mass is 15.2. The van der Waals surface area contributed by atoms with E-state index in [4.69, 9.17) is 16.6 Å². The lowest BCUT2D eigenvalue weighted by Crippen LogP contribution is -2.32. The van der Waals surface area contributed by atoms with Crippen molar-refractivity contribution in [2.45, 2.75) is 25.2 Å². The van der Waals surface area contributed by atoms with Crippen molar-refractivity contribution in [1.29, 1.82) is 0 Å². The van der Waals surface area contributed by atoms with E-state index < -0.39 is 0 Å². The van der Waals surface area contributed by atoms with E-state index in [0.29, 0.717) is 11.5 Å². The summed E-state index contributed by atoms with van der Waals surface area (Å²) in [4.78, 5) is 13.5. The van der Waals surface area contributed by atoms with Crippen LogP contribution in [0.15, 0.2) is 253 Å². The first-order valence-electron chi connectivity index (χ1n) is 24.4. The minimum absolute atomic E-state index is 0.255. The van der Waals surface area contributed by atoms with E-state index in [-0.39, 0.29) is 11.3 Å². The van der Waals surface area contributed by atoms with Gasteiger partial charge in [-0.05, 0) is 122 Å². The summed E-state index contributed by atoms with van der Waals surface area (Å²) in [7, 11) is 0. The maximum atomic E-state index is 5.55. The molecule has 0 aromatic heterocycles. The molecule has 0 heterocycles. The molecule has 0 saturated carbocycles. The average molecular weight is 896 g/mol. The van der Waals surface area contributed by atoms with Crippen molar-refractivity contribution in [3.8, 4) is 33.4 Å². The molecule has 0 N–H and O–H groups in total. The van der Waals surface area contributed by atoms with Gasteiger partial charge in [0.2, 0.25) is 0 Å². The molecule has 0 bridgehead atoms. The average Bonchev–Trinajstić information content (AvgIpc) is 4.07. The summed E-state index contributed by atoms with van der Waals surface area (Å²) in [6, 6.07) is 79.3. The number of fused-ring (bicyclic) bond motifs is 13. The molecular weight excluding hydrogens is 847 g/mol. The van der Waals surface area contributed by atoms with Gasteiger partial charge >= 0.3 is 0 Å². The third kappa shape index (κ3) is 6.49. The number of nitrogens with zero attached hydrogens (tertiary/aromatic N) is 3. The van der Waals surface area contributed by atoms with Gasteiger partial charge in [-0.15, -0.1) is 0 Å². The third-order valence-corrected chi connectivity index (χ3v) is 15.1. The predicted octanol–water partition coefficient (Wildman–Crippen LogP) is 16.6. The Morgan fingerprint density at radius 1 is 0.514 bits per heavy atom. The fourth-order valence-corrected chi connectivity index (χ4v) is 12.1. The van der Waals surface area contributed by atoms with Gasteiger partial charge in [-0.2, -0.15) is 0 Å². The van der Waals surface area contributed by atoms with Crippen LogP contribution >= 0.6 is 0 Å². The summed E-state index contributed by atoms with van der Waals surface area (Å²) in [5, 5.41) is 0. The van der Waals surface area contributed by atoms with Crippen LogP contribution < -0.4 is 4.90 Å². The number of anilines is 3. The van der Waals surface area contributed by atoms with Gasteiger partial charge < -0.3 is 4.90 Å². The second kappa shape index (κ2) is 16.8. The molecule has 13 rings (SSSR count). The summed E-state index contributed by atoms with van der Waals surface area (Å²) in [6.45, 7) is 6.81. The monoisotopic (exact) mass is 895 g/mol. The van der Waals surface area contributed by atoms with E-state index in [1.807, 2.05) is 6.07 Å². The van der Waals surface area contributed by atoms with Crippen molar-refractivity contribution in [2.75, 3.05) is 4.90 Å². The molecule has 332 valence electrons. The Balaban J connectivity index is 1.05. The number of aliphatic imine (C=N–C) groups is 2. The standard InChI is InChI=1S/C67H49N3/c1-44(46-21-5-3-6-22-46)68-66(69-45(2)52-32-19-26-50-43-49-25-9-10-27-53(49)64(50)52)57-31-14-18-37-62(57)70(51-41-39-48(40-42-51)47-23-7-4-8-24-47)63-38-20-36-61-65(63)56-30-13-17-35-60(56)67(61)58-33-15-11-28-54(58)55-29-12-16-34-59(55)67/h3-33,35-42,59H,2,34,43H2,1H3. The molecule has 0 radical (unpaired) electrons. The smallest absolute Gasteiger partial charge is 0.162 e. The molecule has 2 atom stereocenters. The minimum atomic E-state index is -0.368. The van der Waals surface area contributed by atoms with Crippen molar-refractivity contribution >= 4 is 39.9 Å². The molecule has 1 spiro atoms. The minimum Gasteiger partial charge on any atom is -0.309 e. The van der Waals surface area contributed by atoms with Crippen LogP contribution in [0.2, 0.25) is 0 Å². The summed E-state index contributed by atoms with van der Waals surface area (Å²) < 4.78 is 0. The number of para-hydroxylation sites is 1. The summed E-state index contributed by atoms with van der Waals surface area (Å²) in [5.41, 5.74) is 24.0. The Morgan fingerprint density at radius 3 is 1.93 bits per heavy atom. The molecule has 9 aromatic carbocycles. The van der Waals surface area contributed by atoms with Crippen LogP contribution in [-0.4, -0.2) is 11.5 Å². The Bertz CT molecular complexity index is 3690.